The van der Waals surface area contributed by atoms with Crippen LogP contribution in [0.5, 0.6) is 5.75 Å². The minimum absolute atomic E-state index is 0.292. The Bertz CT molecular complexity index is 442. The zero-order valence-corrected chi connectivity index (χ0v) is 12.2. The molecule has 2 N–H and O–H groups in total. The second kappa shape index (κ2) is 5.34. The Labute approximate surface area is 120 Å². The predicted molar refractivity (Wildman–Crippen MR) is 78.4 cm³/mol. The molecule has 1 aromatic carbocycles. The second-order valence-corrected chi connectivity index (χ2v) is 6.65. The first-order valence-corrected chi connectivity index (χ1v) is 7.72. The first-order chi connectivity index (χ1) is 9.15. The third kappa shape index (κ3) is 2.61. The monoisotopic (exact) mass is 279 g/mol. The number of aromatic hydroxyl groups is 1. The molecule has 3 heteroatoms. The molecule has 2 nitrogen and oxygen atoms in total. The van der Waals surface area contributed by atoms with E-state index < -0.39 is 0 Å². The van der Waals surface area contributed by atoms with Gasteiger partial charge in [0.1, 0.15) is 5.75 Å². The number of hydrogen-bond acceptors (Lipinski definition) is 2. The number of phenolic OH excluding ortho intramolecular Hbond substituents is 1. The summed E-state index contributed by atoms with van der Waals surface area (Å²) in [6.07, 6.45) is 5.68. The van der Waals surface area contributed by atoms with Gasteiger partial charge in [0.15, 0.2) is 0 Å². The Morgan fingerprint density at radius 2 is 2.21 bits per heavy atom. The Kier molecular flexibility index (Phi) is 3.72. The van der Waals surface area contributed by atoms with E-state index in [-0.39, 0.29) is 0 Å². The molecule has 2 saturated carbocycles. The molecule has 0 spiro atoms. The first kappa shape index (κ1) is 13.3. The molecule has 2 fully saturated rings. The van der Waals surface area contributed by atoms with Crippen molar-refractivity contribution in [3.05, 3.63) is 28.8 Å². The lowest BCUT2D eigenvalue weighted by molar-refractivity contribution is 0.259. The summed E-state index contributed by atoms with van der Waals surface area (Å²) >= 11 is 6.14. The maximum atomic E-state index is 9.85. The molecular formula is C16H22ClNO. The number of nitrogens with one attached hydrogen (secondary N) is 1. The Hall–Kier alpha value is -0.730. The molecule has 0 amide bonds. The molecule has 2 aliphatic rings. The van der Waals surface area contributed by atoms with Gasteiger partial charge in [0.25, 0.3) is 0 Å². The number of benzene rings is 1. The fraction of sp³-hybridized carbons (Fsp3) is 0.625. The number of hydrogen-bond donors (Lipinski definition) is 2. The van der Waals surface area contributed by atoms with Crippen molar-refractivity contribution in [1.29, 1.82) is 0 Å². The Balaban J connectivity index is 1.60. The van der Waals surface area contributed by atoms with Crippen molar-refractivity contribution < 1.29 is 5.11 Å². The molecule has 2 aliphatic carbocycles. The SMILES string of the molecule is CC(NCc1c(O)cccc1Cl)C1CC2CCC1C2. The van der Waals surface area contributed by atoms with E-state index in [4.69, 9.17) is 11.6 Å². The second-order valence-electron chi connectivity index (χ2n) is 6.25. The lowest BCUT2D eigenvalue weighted by atomic mass is 9.84. The molecule has 1 aromatic rings. The van der Waals surface area contributed by atoms with Crippen molar-refractivity contribution in [1.82, 2.24) is 5.32 Å². The molecule has 4 unspecified atom stereocenters. The van der Waals surface area contributed by atoms with Crippen molar-refractivity contribution in [2.45, 2.75) is 45.2 Å². The van der Waals surface area contributed by atoms with Crippen molar-refractivity contribution in [2.24, 2.45) is 17.8 Å². The van der Waals surface area contributed by atoms with E-state index in [0.717, 1.165) is 23.3 Å². The van der Waals surface area contributed by atoms with Crippen molar-refractivity contribution in [2.75, 3.05) is 0 Å². The number of halogens is 1. The van der Waals surface area contributed by atoms with Crippen LogP contribution in [0.3, 0.4) is 0 Å². The summed E-state index contributed by atoms with van der Waals surface area (Å²) in [4.78, 5) is 0. The maximum Gasteiger partial charge on any atom is 0.121 e. The van der Waals surface area contributed by atoms with Crippen LogP contribution in [0.25, 0.3) is 0 Å². The van der Waals surface area contributed by atoms with Gasteiger partial charge in [-0.3, -0.25) is 0 Å². The van der Waals surface area contributed by atoms with Crippen LogP contribution in [0.1, 0.15) is 38.2 Å². The van der Waals surface area contributed by atoms with Gasteiger partial charge in [-0.1, -0.05) is 24.1 Å². The molecule has 19 heavy (non-hydrogen) atoms. The van der Waals surface area contributed by atoms with E-state index in [2.05, 4.69) is 12.2 Å². The quantitative estimate of drug-likeness (QED) is 0.874. The summed E-state index contributed by atoms with van der Waals surface area (Å²) in [5, 5.41) is 14.1. The van der Waals surface area contributed by atoms with Crippen molar-refractivity contribution in [3.63, 3.8) is 0 Å². The van der Waals surface area contributed by atoms with Gasteiger partial charge < -0.3 is 10.4 Å². The van der Waals surface area contributed by atoms with Gasteiger partial charge in [-0.05, 0) is 56.1 Å². The van der Waals surface area contributed by atoms with Gasteiger partial charge in [0.2, 0.25) is 0 Å². The fourth-order valence-electron chi connectivity index (χ4n) is 4.04. The normalized spacial score (nSPS) is 30.7. The fourth-order valence-corrected chi connectivity index (χ4v) is 4.28. The van der Waals surface area contributed by atoms with Gasteiger partial charge in [0, 0.05) is 23.2 Å². The summed E-state index contributed by atoms with van der Waals surface area (Å²) < 4.78 is 0. The lowest BCUT2D eigenvalue weighted by Crippen LogP contribution is -2.35. The Morgan fingerprint density at radius 1 is 1.37 bits per heavy atom. The molecular weight excluding hydrogens is 258 g/mol. The molecule has 0 saturated heterocycles. The number of rotatable bonds is 4. The van der Waals surface area contributed by atoms with Gasteiger partial charge >= 0.3 is 0 Å². The van der Waals surface area contributed by atoms with Crippen LogP contribution in [0.2, 0.25) is 5.02 Å². The van der Waals surface area contributed by atoms with E-state index in [1.54, 1.807) is 12.1 Å². The van der Waals surface area contributed by atoms with E-state index in [1.807, 2.05) is 6.07 Å². The molecule has 0 aromatic heterocycles. The van der Waals surface area contributed by atoms with Crippen LogP contribution < -0.4 is 5.32 Å². The molecule has 0 aliphatic heterocycles. The smallest absolute Gasteiger partial charge is 0.121 e. The molecule has 2 bridgehead atoms. The van der Waals surface area contributed by atoms with Crippen LogP contribution >= 0.6 is 11.6 Å². The first-order valence-electron chi connectivity index (χ1n) is 7.35. The Morgan fingerprint density at radius 3 is 2.84 bits per heavy atom. The van der Waals surface area contributed by atoms with E-state index in [9.17, 15) is 5.11 Å². The van der Waals surface area contributed by atoms with E-state index in [1.165, 1.54) is 25.7 Å². The van der Waals surface area contributed by atoms with Crippen molar-refractivity contribution in [3.8, 4) is 5.75 Å². The third-order valence-corrected chi connectivity index (χ3v) is 5.48. The predicted octanol–water partition coefficient (Wildman–Crippen LogP) is 3.96. The average Bonchev–Trinajstić information content (AvgIpc) is 3.00. The largest absolute Gasteiger partial charge is 0.508 e. The lowest BCUT2D eigenvalue weighted by Gasteiger charge is -2.29. The number of fused-ring (bicyclic) bond motifs is 2. The molecule has 104 valence electrons. The standard InChI is InChI=1S/C16H22ClNO/c1-10(13-8-11-5-6-12(13)7-11)18-9-14-15(17)3-2-4-16(14)19/h2-4,10-13,18-19H,5-9H2,1H3. The van der Waals surface area contributed by atoms with Crippen LogP contribution in [0.4, 0.5) is 0 Å². The summed E-state index contributed by atoms with van der Waals surface area (Å²) in [5.74, 6) is 3.00. The van der Waals surface area contributed by atoms with Crippen LogP contribution in [-0.4, -0.2) is 11.1 Å². The zero-order valence-electron chi connectivity index (χ0n) is 11.4. The van der Waals surface area contributed by atoms with Gasteiger partial charge in [-0.2, -0.15) is 0 Å². The zero-order chi connectivity index (χ0) is 13.4. The minimum atomic E-state index is 0.292. The highest BCUT2D eigenvalue weighted by Crippen LogP contribution is 2.49. The average molecular weight is 280 g/mol. The van der Waals surface area contributed by atoms with Crippen LogP contribution in [0, 0.1) is 17.8 Å². The van der Waals surface area contributed by atoms with E-state index in [0.29, 0.717) is 23.4 Å². The third-order valence-electron chi connectivity index (χ3n) is 5.13. The molecule has 0 heterocycles. The highest BCUT2D eigenvalue weighted by molar-refractivity contribution is 6.31. The van der Waals surface area contributed by atoms with Gasteiger partial charge in [-0.15, -0.1) is 0 Å². The van der Waals surface area contributed by atoms with E-state index >= 15 is 0 Å². The highest BCUT2D eigenvalue weighted by atomic mass is 35.5. The molecule has 3 rings (SSSR count). The summed E-state index contributed by atoms with van der Waals surface area (Å²) in [7, 11) is 0. The summed E-state index contributed by atoms with van der Waals surface area (Å²) in [6, 6.07) is 5.82. The number of phenols is 1. The van der Waals surface area contributed by atoms with Gasteiger partial charge in [-0.25, -0.2) is 0 Å². The molecule has 4 atom stereocenters. The van der Waals surface area contributed by atoms with Crippen molar-refractivity contribution >= 4 is 11.6 Å². The summed E-state index contributed by atoms with van der Waals surface area (Å²) in [5.41, 5.74) is 0.819. The minimum Gasteiger partial charge on any atom is -0.508 e. The van der Waals surface area contributed by atoms with Crippen LogP contribution in [-0.2, 0) is 6.54 Å². The van der Waals surface area contributed by atoms with Crippen LogP contribution in [0.15, 0.2) is 18.2 Å². The topological polar surface area (TPSA) is 32.3 Å². The summed E-state index contributed by atoms with van der Waals surface area (Å²) in [6.45, 7) is 2.93. The highest BCUT2D eigenvalue weighted by Gasteiger charge is 2.41. The maximum absolute atomic E-state index is 9.85. The van der Waals surface area contributed by atoms with Gasteiger partial charge in [0.05, 0.1) is 0 Å². The molecule has 0 radical (unpaired) electrons.